The number of hydrogen-bond acceptors (Lipinski definition) is 5. The molecule has 1 aromatic heterocycles. The molecule has 0 aliphatic carbocycles. The van der Waals surface area contributed by atoms with Crippen LogP contribution in [0, 0.1) is 6.92 Å². The average Bonchev–Trinajstić information content (AvgIpc) is 2.87. The maximum atomic E-state index is 13.6. The number of nitrogens with one attached hydrogen (secondary N) is 3. The predicted molar refractivity (Wildman–Crippen MR) is 153 cm³/mol. The molecule has 4 rings (SSSR count). The molecule has 0 fully saturated rings. The smallest absolute Gasteiger partial charge is 0.270 e. The van der Waals surface area contributed by atoms with Crippen molar-refractivity contribution in [3.8, 4) is 0 Å². The average molecular weight is 545 g/mol. The Labute approximate surface area is 228 Å². The van der Waals surface area contributed by atoms with Crippen molar-refractivity contribution in [2.45, 2.75) is 50.6 Å². The Hall–Kier alpha value is -4.08. The molecular weight excluding hydrogens is 512 g/mol. The van der Waals surface area contributed by atoms with Crippen molar-refractivity contribution in [3.63, 3.8) is 0 Å². The lowest BCUT2D eigenvalue weighted by atomic mass is 10.0. The molecule has 3 N–H and O–H groups in total. The molecule has 0 aliphatic heterocycles. The zero-order valence-corrected chi connectivity index (χ0v) is 23.2. The molecule has 4 aromatic rings. The number of pyridine rings is 1. The van der Waals surface area contributed by atoms with E-state index in [-0.39, 0.29) is 17.0 Å². The number of amides is 2. The molecule has 2 amide bonds. The number of benzene rings is 3. The highest BCUT2D eigenvalue weighted by atomic mass is 32.2. The number of sulfonamides is 1. The largest absolute Gasteiger partial charge is 0.339 e. The summed E-state index contributed by atoms with van der Waals surface area (Å²) in [5.74, 6) is -0.900. The van der Waals surface area contributed by atoms with Crippen LogP contribution < -0.4 is 15.4 Å². The summed E-state index contributed by atoms with van der Waals surface area (Å²) in [6, 6.07) is 23.6. The van der Waals surface area contributed by atoms with Gasteiger partial charge in [0.2, 0.25) is 15.9 Å². The van der Waals surface area contributed by atoms with Crippen LogP contribution in [0.3, 0.4) is 0 Å². The van der Waals surface area contributed by atoms with Crippen LogP contribution in [0.2, 0.25) is 0 Å². The monoisotopic (exact) mass is 544 g/mol. The van der Waals surface area contributed by atoms with Gasteiger partial charge in [0, 0.05) is 34.1 Å². The van der Waals surface area contributed by atoms with Crippen LogP contribution in [0.4, 0.5) is 5.69 Å². The normalized spacial score (nSPS) is 12.6. The quantitative estimate of drug-likeness (QED) is 0.300. The fourth-order valence-corrected chi connectivity index (χ4v) is 5.90. The van der Waals surface area contributed by atoms with E-state index in [4.69, 9.17) is 0 Å². The van der Waals surface area contributed by atoms with Crippen molar-refractivity contribution in [1.29, 1.82) is 0 Å². The first kappa shape index (κ1) is 27.9. The van der Waals surface area contributed by atoms with Crippen LogP contribution in [0.15, 0.2) is 89.8 Å². The zero-order valence-electron chi connectivity index (χ0n) is 22.4. The van der Waals surface area contributed by atoms with E-state index in [0.717, 1.165) is 5.56 Å². The van der Waals surface area contributed by atoms with Gasteiger partial charge >= 0.3 is 0 Å². The minimum atomic E-state index is -3.82. The molecule has 3 aromatic carbocycles. The summed E-state index contributed by atoms with van der Waals surface area (Å²) in [4.78, 5) is 31.0. The van der Waals surface area contributed by atoms with E-state index in [1.807, 2.05) is 30.3 Å². The molecule has 9 heteroatoms. The summed E-state index contributed by atoms with van der Waals surface area (Å²) in [6.45, 7) is 7.11. The number of anilines is 1. The van der Waals surface area contributed by atoms with Crippen molar-refractivity contribution < 1.29 is 18.0 Å². The van der Waals surface area contributed by atoms with Crippen molar-refractivity contribution in [2.24, 2.45) is 0 Å². The summed E-state index contributed by atoms with van der Waals surface area (Å²) in [6.07, 6.45) is 0.254. The summed E-state index contributed by atoms with van der Waals surface area (Å²) in [7, 11) is -3.82. The van der Waals surface area contributed by atoms with Crippen LogP contribution >= 0.6 is 0 Å². The molecule has 0 saturated carbocycles. The number of rotatable bonds is 8. The first-order valence-corrected chi connectivity index (χ1v) is 14.1. The molecule has 1 unspecified atom stereocenters. The molecular formula is C30H32N4O4S. The maximum absolute atomic E-state index is 13.6. The van der Waals surface area contributed by atoms with Gasteiger partial charge < -0.3 is 10.6 Å². The summed E-state index contributed by atoms with van der Waals surface area (Å²) in [5.41, 5.74) is 1.55. The van der Waals surface area contributed by atoms with Crippen LogP contribution in [0.1, 0.15) is 42.5 Å². The molecule has 39 heavy (non-hydrogen) atoms. The Morgan fingerprint density at radius 3 is 2.21 bits per heavy atom. The van der Waals surface area contributed by atoms with E-state index in [0.29, 0.717) is 22.2 Å². The van der Waals surface area contributed by atoms with Gasteiger partial charge in [-0.15, -0.1) is 0 Å². The van der Waals surface area contributed by atoms with E-state index in [9.17, 15) is 18.0 Å². The van der Waals surface area contributed by atoms with E-state index in [1.54, 1.807) is 76.2 Å². The standard InChI is InChI=1S/C30H32N4O4S/c1-20-11-8-17-25(31-20)28(35)33-26(19-21-12-6-5-7-13-21)29(36)32-24-16-9-15-23-22(24)14-10-18-27(23)39(37,38)34-30(2,3)4/h5-18,26,34H,19H2,1-4H3,(H,32,36)(H,33,35). The second-order valence-electron chi connectivity index (χ2n) is 10.4. The molecule has 0 radical (unpaired) electrons. The highest BCUT2D eigenvalue weighted by Crippen LogP contribution is 2.29. The van der Waals surface area contributed by atoms with Gasteiger partial charge in [-0.3, -0.25) is 9.59 Å². The van der Waals surface area contributed by atoms with Gasteiger partial charge in [-0.2, -0.15) is 0 Å². The Morgan fingerprint density at radius 1 is 0.846 bits per heavy atom. The maximum Gasteiger partial charge on any atom is 0.270 e. The fourth-order valence-electron chi connectivity index (χ4n) is 4.26. The third kappa shape index (κ3) is 7.07. The minimum absolute atomic E-state index is 0.116. The number of carbonyl (C=O) groups is 2. The highest BCUT2D eigenvalue weighted by molar-refractivity contribution is 7.89. The Morgan fingerprint density at radius 2 is 1.51 bits per heavy atom. The third-order valence-corrected chi connectivity index (χ3v) is 7.71. The van der Waals surface area contributed by atoms with E-state index in [1.165, 1.54) is 6.07 Å². The van der Waals surface area contributed by atoms with Crippen LogP contribution in [-0.4, -0.2) is 36.8 Å². The molecule has 202 valence electrons. The highest BCUT2D eigenvalue weighted by Gasteiger charge is 2.26. The van der Waals surface area contributed by atoms with Crippen molar-refractivity contribution >= 4 is 38.3 Å². The molecule has 0 aliphatic rings. The lowest BCUT2D eigenvalue weighted by Gasteiger charge is -2.22. The van der Waals surface area contributed by atoms with Crippen LogP contribution in [0.25, 0.3) is 10.8 Å². The van der Waals surface area contributed by atoms with E-state index < -0.39 is 33.4 Å². The van der Waals surface area contributed by atoms with E-state index >= 15 is 0 Å². The predicted octanol–water partition coefficient (Wildman–Crippen LogP) is 4.60. The fraction of sp³-hybridized carbons (Fsp3) is 0.233. The van der Waals surface area contributed by atoms with Crippen molar-refractivity contribution in [2.75, 3.05) is 5.32 Å². The molecule has 8 nitrogen and oxygen atoms in total. The number of nitrogens with zero attached hydrogens (tertiary/aromatic N) is 1. The van der Waals surface area contributed by atoms with Crippen LogP contribution in [-0.2, 0) is 21.2 Å². The van der Waals surface area contributed by atoms with Gasteiger partial charge in [0.15, 0.2) is 0 Å². The van der Waals surface area contributed by atoms with Gasteiger partial charge in [0.25, 0.3) is 5.91 Å². The first-order valence-electron chi connectivity index (χ1n) is 12.6. The first-order chi connectivity index (χ1) is 18.4. The molecule has 0 saturated heterocycles. The Kier molecular flexibility index (Phi) is 8.13. The third-order valence-electron chi connectivity index (χ3n) is 5.90. The number of aryl methyl sites for hydroxylation is 1. The molecule has 0 bridgehead atoms. The number of hydrogen-bond donors (Lipinski definition) is 3. The molecule has 0 spiro atoms. The zero-order chi connectivity index (χ0) is 28.2. The van der Waals surface area contributed by atoms with E-state index in [2.05, 4.69) is 20.3 Å². The lowest BCUT2D eigenvalue weighted by molar-refractivity contribution is -0.118. The molecule has 1 atom stereocenters. The summed E-state index contributed by atoms with van der Waals surface area (Å²) in [5, 5.41) is 6.76. The SMILES string of the molecule is Cc1cccc(C(=O)NC(Cc2ccccc2)C(=O)Nc2cccc3c(S(=O)(=O)NC(C)(C)C)cccc23)n1. The van der Waals surface area contributed by atoms with Crippen molar-refractivity contribution in [3.05, 3.63) is 102 Å². The summed E-state index contributed by atoms with van der Waals surface area (Å²) < 4.78 is 29.0. The number of aromatic nitrogens is 1. The van der Waals surface area contributed by atoms with Gasteiger partial charge in [0.1, 0.15) is 11.7 Å². The second kappa shape index (κ2) is 11.3. The van der Waals surface area contributed by atoms with Gasteiger partial charge in [0.05, 0.1) is 4.90 Å². The molecule has 1 heterocycles. The second-order valence-corrected chi connectivity index (χ2v) is 12.0. The van der Waals surface area contributed by atoms with Crippen molar-refractivity contribution in [1.82, 2.24) is 15.0 Å². The van der Waals surface area contributed by atoms with Gasteiger partial charge in [-0.25, -0.2) is 18.1 Å². The lowest BCUT2D eigenvalue weighted by Crippen LogP contribution is -2.45. The number of fused-ring (bicyclic) bond motifs is 1. The minimum Gasteiger partial charge on any atom is -0.339 e. The summed E-state index contributed by atoms with van der Waals surface area (Å²) >= 11 is 0. The van der Waals surface area contributed by atoms with Gasteiger partial charge in [-0.05, 0) is 57.5 Å². The Bertz CT molecular complexity index is 1610. The topological polar surface area (TPSA) is 117 Å². The number of carbonyl (C=O) groups excluding carboxylic acids is 2. The Balaban J connectivity index is 1.66. The van der Waals surface area contributed by atoms with Crippen LogP contribution in [0.5, 0.6) is 0 Å². The van der Waals surface area contributed by atoms with Gasteiger partial charge in [-0.1, -0.05) is 60.7 Å².